The van der Waals surface area contributed by atoms with E-state index < -0.39 is 5.97 Å². The molecule has 0 aromatic heterocycles. The normalized spacial score (nSPS) is 6.29. The maximum atomic E-state index is 9.77. The number of hydrogen-bond acceptors (Lipinski definition) is 4. The quantitative estimate of drug-likeness (QED) is 0.275. The van der Waals surface area contributed by atoms with E-state index in [1.165, 1.54) is 13.1 Å². The second kappa shape index (κ2) is 2.97. The highest BCUT2D eigenvalue weighted by Crippen LogP contribution is 1.62. The molecule has 0 radical (unpaired) electrons. The lowest BCUT2D eigenvalue weighted by molar-refractivity contribution is -0.145. The van der Waals surface area contributed by atoms with Crippen LogP contribution in [0.1, 0.15) is 6.92 Å². The molecule has 0 fully saturated rings. The van der Waals surface area contributed by atoms with Gasteiger partial charge in [0, 0.05) is 6.92 Å². The lowest BCUT2D eigenvalue weighted by Crippen LogP contribution is -2.10. The Labute approximate surface area is 40.6 Å². The molecule has 0 saturated carbocycles. The maximum Gasteiger partial charge on any atom is 0.330 e. The van der Waals surface area contributed by atoms with E-state index in [-0.39, 0.29) is 0 Å². The smallest absolute Gasteiger partial charge is 0.330 e. The first-order valence-electron chi connectivity index (χ1n) is 1.59. The largest absolute Gasteiger partial charge is 0.334 e. The first-order chi connectivity index (χ1) is 3.27. The zero-order valence-electron chi connectivity index (χ0n) is 3.76. The fourth-order valence-corrected chi connectivity index (χ4v) is 0.0947. The third-order valence-electron chi connectivity index (χ3n) is 0.240. The van der Waals surface area contributed by atoms with Gasteiger partial charge in [-0.15, -0.1) is 0 Å². The second-order valence-corrected chi connectivity index (χ2v) is 0.808. The van der Waals surface area contributed by atoms with E-state index in [9.17, 15) is 4.79 Å². The molecule has 0 aliphatic rings. The van der Waals surface area contributed by atoms with Crippen molar-refractivity contribution in [1.29, 1.82) is 5.26 Å². The number of nitrogens with zero attached hydrogens (tertiary/aromatic N) is 1. The number of nitrogens with one attached hydrogen (secondary N) is 1. The molecular weight excluding hydrogens is 96.0 g/mol. The summed E-state index contributed by atoms with van der Waals surface area (Å²) in [5, 5.41) is 7.68. The van der Waals surface area contributed by atoms with E-state index in [0.29, 0.717) is 0 Å². The molecule has 0 rings (SSSR count). The van der Waals surface area contributed by atoms with E-state index in [4.69, 9.17) is 5.26 Å². The van der Waals surface area contributed by atoms with Gasteiger partial charge in [-0.25, -0.2) is 4.79 Å². The summed E-state index contributed by atoms with van der Waals surface area (Å²) in [4.78, 5) is 13.7. The van der Waals surface area contributed by atoms with Crippen LogP contribution in [0.15, 0.2) is 0 Å². The first kappa shape index (κ1) is 5.76. The van der Waals surface area contributed by atoms with Crippen molar-refractivity contribution in [2.24, 2.45) is 0 Å². The van der Waals surface area contributed by atoms with Crippen molar-refractivity contribution >= 4 is 5.97 Å². The van der Waals surface area contributed by atoms with Crippen molar-refractivity contribution < 1.29 is 9.63 Å². The molecular formula is C3H4N2O2. The third kappa shape index (κ3) is 4.76. The summed E-state index contributed by atoms with van der Waals surface area (Å²) < 4.78 is 0. The van der Waals surface area contributed by atoms with Crippen LogP contribution in [0.4, 0.5) is 0 Å². The van der Waals surface area contributed by atoms with Gasteiger partial charge in [0.2, 0.25) is 6.19 Å². The number of rotatable bonds is 1. The van der Waals surface area contributed by atoms with Gasteiger partial charge in [0.1, 0.15) is 0 Å². The number of carbonyl (C=O) groups is 1. The summed E-state index contributed by atoms with van der Waals surface area (Å²) in [5.41, 5.74) is 1.70. The summed E-state index contributed by atoms with van der Waals surface area (Å²) >= 11 is 0. The Hall–Kier alpha value is -1.24. The predicted octanol–water partition coefficient (Wildman–Crippen LogP) is -0.465. The monoisotopic (exact) mass is 100 g/mol. The molecule has 4 nitrogen and oxygen atoms in total. The number of carbonyl (C=O) groups excluding carboxylic acids is 1. The molecule has 1 N–H and O–H groups in total. The average molecular weight is 100 g/mol. The van der Waals surface area contributed by atoms with Crippen LogP contribution in [0.5, 0.6) is 0 Å². The standard InChI is InChI=1S/C3H4N2O2/c1-3(6)7-5-2-4/h5H,1H3. The maximum absolute atomic E-state index is 9.77. The highest BCUT2D eigenvalue weighted by molar-refractivity contribution is 5.65. The van der Waals surface area contributed by atoms with Gasteiger partial charge in [-0.1, -0.05) is 0 Å². The van der Waals surface area contributed by atoms with Crippen LogP contribution in [0.3, 0.4) is 0 Å². The fraction of sp³-hybridized carbons (Fsp3) is 0.333. The molecule has 0 amide bonds. The van der Waals surface area contributed by atoms with Gasteiger partial charge in [-0.3, -0.25) is 0 Å². The van der Waals surface area contributed by atoms with Crippen molar-refractivity contribution in [3.05, 3.63) is 0 Å². The molecule has 0 heterocycles. The average Bonchev–Trinajstić information content (AvgIpc) is 1.61. The third-order valence-corrected chi connectivity index (χ3v) is 0.240. The Morgan fingerprint density at radius 3 is 2.71 bits per heavy atom. The zero-order chi connectivity index (χ0) is 5.70. The first-order valence-corrected chi connectivity index (χ1v) is 1.59. The van der Waals surface area contributed by atoms with E-state index in [1.807, 2.05) is 0 Å². The molecule has 0 bridgehead atoms. The zero-order valence-corrected chi connectivity index (χ0v) is 3.76. The van der Waals surface area contributed by atoms with Crippen molar-refractivity contribution in [3.63, 3.8) is 0 Å². The van der Waals surface area contributed by atoms with Gasteiger partial charge < -0.3 is 4.84 Å². The Bertz CT molecular complexity index is 104. The molecule has 0 spiro atoms. The minimum absolute atomic E-state index is 0.526. The Kier molecular flexibility index (Phi) is 2.44. The van der Waals surface area contributed by atoms with Crippen LogP contribution in [-0.4, -0.2) is 5.97 Å². The molecule has 0 saturated heterocycles. The van der Waals surface area contributed by atoms with Crippen LogP contribution in [0, 0.1) is 11.5 Å². The Morgan fingerprint density at radius 1 is 2.00 bits per heavy atom. The molecule has 0 unspecified atom stereocenters. The van der Waals surface area contributed by atoms with Gasteiger partial charge in [0.05, 0.1) is 0 Å². The highest BCUT2D eigenvalue weighted by Gasteiger charge is 1.84. The van der Waals surface area contributed by atoms with E-state index in [2.05, 4.69) is 4.84 Å². The van der Waals surface area contributed by atoms with Crippen LogP contribution in [0.2, 0.25) is 0 Å². The molecule has 0 atom stereocenters. The molecule has 7 heavy (non-hydrogen) atoms. The van der Waals surface area contributed by atoms with Gasteiger partial charge in [-0.2, -0.15) is 10.7 Å². The summed E-state index contributed by atoms with van der Waals surface area (Å²) in [6, 6.07) is 0. The minimum atomic E-state index is -0.526. The number of nitriles is 1. The number of hydrogen-bond donors (Lipinski definition) is 1. The molecule has 0 aliphatic heterocycles. The van der Waals surface area contributed by atoms with Gasteiger partial charge in [0.25, 0.3) is 0 Å². The minimum Gasteiger partial charge on any atom is -0.334 e. The SMILES string of the molecule is CC(=O)ONC#N. The van der Waals surface area contributed by atoms with E-state index >= 15 is 0 Å². The molecule has 4 heteroatoms. The van der Waals surface area contributed by atoms with Crippen LogP contribution < -0.4 is 5.48 Å². The predicted molar refractivity (Wildman–Crippen MR) is 20.5 cm³/mol. The second-order valence-electron chi connectivity index (χ2n) is 0.808. The van der Waals surface area contributed by atoms with Gasteiger partial charge >= 0.3 is 5.97 Å². The molecule has 0 aliphatic carbocycles. The Balaban J connectivity index is 3.02. The van der Waals surface area contributed by atoms with Crippen LogP contribution >= 0.6 is 0 Å². The highest BCUT2D eigenvalue weighted by atomic mass is 16.7. The molecule has 0 aromatic rings. The lowest BCUT2D eigenvalue weighted by atomic mass is 10.8. The number of hydroxylamine groups is 1. The van der Waals surface area contributed by atoms with Crippen molar-refractivity contribution in [3.8, 4) is 6.19 Å². The van der Waals surface area contributed by atoms with Crippen molar-refractivity contribution in [2.45, 2.75) is 6.92 Å². The van der Waals surface area contributed by atoms with Gasteiger partial charge in [0.15, 0.2) is 0 Å². The van der Waals surface area contributed by atoms with Gasteiger partial charge in [-0.05, 0) is 0 Å². The van der Waals surface area contributed by atoms with Crippen LogP contribution in [-0.2, 0) is 9.63 Å². The van der Waals surface area contributed by atoms with Crippen molar-refractivity contribution in [1.82, 2.24) is 5.48 Å². The van der Waals surface area contributed by atoms with E-state index in [1.54, 1.807) is 5.48 Å². The molecule has 38 valence electrons. The van der Waals surface area contributed by atoms with Crippen molar-refractivity contribution in [2.75, 3.05) is 0 Å². The lowest BCUT2D eigenvalue weighted by Gasteiger charge is -1.88. The summed E-state index contributed by atoms with van der Waals surface area (Å²) in [5.74, 6) is -0.526. The summed E-state index contributed by atoms with van der Waals surface area (Å²) in [6.07, 6.45) is 1.41. The summed E-state index contributed by atoms with van der Waals surface area (Å²) in [6.45, 7) is 1.20. The summed E-state index contributed by atoms with van der Waals surface area (Å²) in [7, 11) is 0. The fourth-order valence-electron chi connectivity index (χ4n) is 0.0947. The van der Waals surface area contributed by atoms with E-state index in [0.717, 1.165) is 0 Å². The molecule has 0 aromatic carbocycles. The van der Waals surface area contributed by atoms with Crippen LogP contribution in [0.25, 0.3) is 0 Å². The topological polar surface area (TPSA) is 62.1 Å². The Morgan fingerprint density at radius 2 is 2.57 bits per heavy atom.